The molecule has 0 aromatic heterocycles. The number of hydrogen-bond acceptors (Lipinski definition) is 6. The van der Waals surface area contributed by atoms with E-state index in [9.17, 15) is 14.4 Å². The van der Waals surface area contributed by atoms with Crippen LogP contribution >= 0.6 is 0 Å². The molecule has 3 aromatic rings. The van der Waals surface area contributed by atoms with Gasteiger partial charge >= 0.3 is 11.9 Å². The number of hydrogen-bond donors (Lipinski definition) is 0. The molecule has 35 heavy (non-hydrogen) atoms. The highest BCUT2D eigenvalue weighted by molar-refractivity contribution is 6.04. The van der Waals surface area contributed by atoms with E-state index < -0.39 is 18.2 Å². The van der Waals surface area contributed by atoms with Crippen LogP contribution in [-0.2, 0) is 9.53 Å². The SMILES string of the molecule is C=CC(=O)OC(CCC)Oc1ccc(-c2ccc(OC(=O)c3ccc(C(=O)C=C)cc3)cc2)cc1. The van der Waals surface area contributed by atoms with E-state index in [1.54, 1.807) is 48.5 Å². The summed E-state index contributed by atoms with van der Waals surface area (Å²) in [5, 5.41) is 0. The van der Waals surface area contributed by atoms with Gasteiger partial charge in [-0.05, 0) is 60.0 Å². The second-order valence-corrected chi connectivity index (χ2v) is 7.56. The zero-order chi connectivity index (χ0) is 25.2. The van der Waals surface area contributed by atoms with E-state index in [0.717, 1.165) is 23.6 Å². The van der Waals surface area contributed by atoms with Gasteiger partial charge in [-0.25, -0.2) is 9.59 Å². The van der Waals surface area contributed by atoms with Crippen molar-refractivity contribution in [2.75, 3.05) is 0 Å². The summed E-state index contributed by atoms with van der Waals surface area (Å²) in [5.41, 5.74) is 2.65. The van der Waals surface area contributed by atoms with E-state index >= 15 is 0 Å². The average molecular weight is 471 g/mol. The Kier molecular flexibility index (Phi) is 8.73. The van der Waals surface area contributed by atoms with Gasteiger partial charge in [0.1, 0.15) is 11.5 Å². The van der Waals surface area contributed by atoms with Crippen LogP contribution in [0.15, 0.2) is 98.1 Å². The summed E-state index contributed by atoms with van der Waals surface area (Å²) < 4.78 is 16.4. The molecule has 178 valence electrons. The van der Waals surface area contributed by atoms with Crippen LogP contribution in [0.25, 0.3) is 11.1 Å². The van der Waals surface area contributed by atoms with Crippen molar-refractivity contribution in [3.63, 3.8) is 0 Å². The van der Waals surface area contributed by atoms with Crippen LogP contribution < -0.4 is 9.47 Å². The summed E-state index contributed by atoms with van der Waals surface area (Å²) in [7, 11) is 0. The van der Waals surface area contributed by atoms with E-state index in [2.05, 4.69) is 13.2 Å². The van der Waals surface area contributed by atoms with Crippen molar-refractivity contribution in [1.29, 1.82) is 0 Å². The molecule has 3 rings (SSSR count). The minimum Gasteiger partial charge on any atom is -0.455 e. The molecule has 0 bridgehead atoms. The van der Waals surface area contributed by atoms with Gasteiger partial charge in [0, 0.05) is 18.1 Å². The number of carbonyl (C=O) groups is 3. The first kappa shape index (κ1) is 25.2. The average Bonchev–Trinajstić information content (AvgIpc) is 2.89. The molecule has 0 aliphatic rings. The lowest BCUT2D eigenvalue weighted by molar-refractivity contribution is -0.158. The third-order valence-corrected chi connectivity index (χ3v) is 5.05. The zero-order valence-electron chi connectivity index (χ0n) is 19.4. The molecule has 1 unspecified atom stereocenters. The minimum absolute atomic E-state index is 0.211. The number of benzene rings is 3. The third kappa shape index (κ3) is 7.01. The van der Waals surface area contributed by atoms with E-state index in [1.165, 1.54) is 6.08 Å². The molecule has 0 aliphatic heterocycles. The standard InChI is InChI=1S/C29H26O6/c1-4-7-28(35-27(31)6-3)33-24-16-12-20(13-17-24)21-14-18-25(19-15-21)34-29(32)23-10-8-22(9-11-23)26(30)5-2/h5-6,8-19,28H,2-4,7H2,1H3. The number of rotatable bonds is 11. The molecule has 1 atom stereocenters. The second-order valence-electron chi connectivity index (χ2n) is 7.56. The van der Waals surface area contributed by atoms with Gasteiger partial charge in [0.2, 0.25) is 6.29 Å². The molecule has 0 radical (unpaired) electrons. The van der Waals surface area contributed by atoms with Crippen LogP contribution in [0.4, 0.5) is 0 Å². The lowest BCUT2D eigenvalue weighted by Crippen LogP contribution is -2.23. The summed E-state index contributed by atoms with van der Waals surface area (Å²) >= 11 is 0. The lowest BCUT2D eigenvalue weighted by atomic mass is 10.1. The van der Waals surface area contributed by atoms with Crippen LogP contribution in [0.2, 0.25) is 0 Å². The van der Waals surface area contributed by atoms with Gasteiger partial charge in [-0.15, -0.1) is 0 Å². The smallest absolute Gasteiger partial charge is 0.343 e. The van der Waals surface area contributed by atoms with Crippen molar-refractivity contribution in [3.05, 3.63) is 109 Å². The summed E-state index contributed by atoms with van der Waals surface area (Å²) in [6, 6.07) is 20.7. The van der Waals surface area contributed by atoms with Gasteiger partial charge < -0.3 is 14.2 Å². The highest BCUT2D eigenvalue weighted by Gasteiger charge is 2.14. The molecule has 0 amide bonds. The minimum atomic E-state index is -0.677. The van der Waals surface area contributed by atoms with E-state index in [-0.39, 0.29) is 5.78 Å². The molecule has 0 saturated heterocycles. The number of carbonyl (C=O) groups excluding carboxylic acids is 3. The monoisotopic (exact) mass is 470 g/mol. The van der Waals surface area contributed by atoms with E-state index in [1.807, 2.05) is 31.2 Å². The molecule has 0 saturated carbocycles. The van der Waals surface area contributed by atoms with Crippen LogP contribution in [0, 0.1) is 0 Å². The van der Waals surface area contributed by atoms with Crippen molar-refractivity contribution < 1.29 is 28.6 Å². The molecular formula is C29H26O6. The summed E-state index contributed by atoms with van der Waals surface area (Å²) in [6.45, 7) is 8.83. The van der Waals surface area contributed by atoms with Gasteiger partial charge in [0.05, 0.1) is 5.56 Å². The fourth-order valence-corrected chi connectivity index (χ4v) is 3.20. The highest BCUT2D eigenvalue weighted by atomic mass is 16.7. The van der Waals surface area contributed by atoms with Crippen molar-refractivity contribution in [1.82, 2.24) is 0 Å². The van der Waals surface area contributed by atoms with Crippen molar-refractivity contribution in [2.24, 2.45) is 0 Å². The molecule has 6 heteroatoms. The molecule has 3 aromatic carbocycles. The molecule has 0 spiro atoms. The molecule has 6 nitrogen and oxygen atoms in total. The fraction of sp³-hybridized carbons (Fsp3) is 0.138. The Hall–Kier alpha value is -4.45. The first-order chi connectivity index (χ1) is 16.9. The van der Waals surface area contributed by atoms with Gasteiger partial charge in [0.15, 0.2) is 5.78 Å². The number of ether oxygens (including phenoxy) is 3. The maximum Gasteiger partial charge on any atom is 0.343 e. The third-order valence-electron chi connectivity index (χ3n) is 5.05. The van der Waals surface area contributed by atoms with E-state index in [4.69, 9.17) is 14.2 Å². The maximum absolute atomic E-state index is 12.4. The molecular weight excluding hydrogens is 444 g/mol. The predicted molar refractivity (Wildman–Crippen MR) is 133 cm³/mol. The largest absolute Gasteiger partial charge is 0.455 e. The summed E-state index contributed by atoms with van der Waals surface area (Å²) in [4.78, 5) is 35.5. The van der Waals surface area contributed by atoms with Crippen molar-refractivity contribution >= 4 is 17.7 Å². The topological polar surface area (TPSA) is 78.9 Å². The predicted octanol–water partition coefficient (Wildman–Crippen LogP) is 6.18. The van der Waals surface area contributed by atoms with Crippen molar-refractivity contribution in [2.45, 2.75) is 26.1 Å². The Balaban J connectivity index is 1.62. The lowest BCUT2D eigenvalue weighted by Gasteiger charge is -2.18. The van der Waals surface area contributed by atoms with Gasteiger partial charge in [-0.3, -0.25) is 4.79 Å². The van der Waals surface area contributed by atoms with Gasteiger partial charge in [0.25, 0.3) is 0 Å². The van der Waals surface area contributed by atoms with Crippen LogP contribution in [-0.4, -0.2) is 24.0 Å². The molecule has 0 N–H and O–H groups in total. The first-order valence-electron chi connectivity index (χ1n) is 11.1. The number of allylic oxidation sites excluding steroid dienone is 1. The quantitative estimate of drug-likeness (QED) is 0.110. The summed E-state index contributed by atoms with van der Waals surface area (Å²) in [6.07, 6.45) is 3.02. The molecule has 0 aliphatic carbocycles. The Morgan fingerprint density at radius 2 is 1.31 bits per heavy atom. The fourth-order valence-electron chi connectivity index (χ4n) is 3.20. The van der Waals surface area contributed by atoms with Crippen LogP contribution in [0.3, 0.4) is 0 Å². The van der Waals surface area contributed by atoms with Crippen LogP contribution in [0.1, 0.15) is 40.5 Å². The van der Waals surface area contributed by atoms with Gasteiger partial charge in [-0.1, -0.05) is 56.5 Å². The normalized spacial score (nSPS) is 11.1. The van der Waals surface area contributed by atoms with Crippen molar-refractivity contribution in [3.8, 4) is 22.6 Å². The number of esters is 2. The maximum atomic E-state index is 12.4. The van der Waals surface area contributed by atoms with Gasteiger partial charge in [-0.2, -0.15) is 0 Å². The van der Waals surface area contributed by atoms with E-state index in [0.29, 0.717) is 29.0 Å². The molecule has 0 fully saturated rings. The zero-order valence-corrected chi connectivity index (χ0v) is 19.4. The highest BCUT2D eigenvalue weighted by Crippen LogP contribution is 2.26. The molecule has 0 heterocycles. The summed E-state index contributed by atoms with van der Waals surface area (Å²) in [5.74, 6) is -0.278. The van der Waals surface area contributed by atoms with Crippen LogP contribution in [0.5, 0.6) is 11.5 Å². The second kappa shape index (κ2) is 12.1. The number of ketones is 1. The Morgan fingerprint density at radius 3 is 1.83 bits per heavy atom. The Morgan fingerprint density at radius 1 is 0.771 bits per heavy atom. The Bertz CT molecular complexity index is 1190. The Labute approximate surface area is 204 Å². The first-order valence-corrected chi connectivity index (χ1v) is 11.1.